The van der Waals surface area contributed by atoms with Gasteiger partial charge in [-0.15, -0.1) is 0 Å². The van der Waals surface area contributed by atoms with Crippen LogP contribution in [0.4, 0.5) is 5.88 Å². The van der Waals surface area contributed by atoms with Gasteiger partial charge in [0.15, 0.2) is 16.3 Å². The second kappa shape index (κ2) is 11.6. The van der Waals surface area contributed by atoms with E-state index in [0.29, 0.717) is 38.7 Å². The number of benzene rings is 2. The first kappa shape index (κ1) is 27.6. The molecule has 12 heteroatoms. The second-order valence-corrected chi connectivity index (χ2v) is 9.91. The Labute approximate surface area is 237 Å². The zero-order valence-electron chi connectivity index (χ0n) is 22.4. The summed E-state index contributed by atoms with van der Waals surface area (Å²) < 4.78 is 23.7. The third-order valence-corrected chi connectivity index (χ3v) is 7.31. The third-order valence-electron chi connectivity index (χ3n) is 6.32. The van der Waals surface area contributed by atoms with Crippen molar-refractivity contribution in [3.05, 3.63) is 113 Å². The van der Waals surface area contributed by atoms with Crippen molar-refractivity contribution >= 4 is 35.0 Å². The van der Waals surface area contributed by atoms with Crippen molar-refractivity contribution in [2.24, 2.45) is 4.99 Å². The van der Waals surface area contributed by atoms with E-state index in [0.717, 1.165) is 16.9 Å². The molecule has 2 aromatic carbocycles. The van der Waals surface area contributed by atoms with E-state index >= 15 is 0 Å². The minimum atomic E-state index is -1.02. The number of nitrogens with zero attached hydrogens (tertiary/aromatic N) is 3. The molecule has 41 heavy (non-hydrogen) atoms. The Morgan fingerprint density at radius 1 is 1.17 bits per heavy atom. The molecule has 0 saturated heterocycles. The van der Waals surface area contributed by atoms with E-state index in [1.807, 2.05) is 30.3 Å². The molecular weight excluding hydrogens is 550 g/mol. The first-order valence-corrected chi connectivity index (χ1v) is 13.4. The van der Waals surface area contributed by atoms with Crippen molar-refractivity contribution in [2.45, 2.75) is 26.5 Å². The van der Waals surface area contributed by atoms with Crippen LogP contribution >= 0.6 is 11.3 Å². The van der Waals surface area contributed by atoms with Crippen molar-refractivity contribution in [3.8, 4) is 11.5 Å². The number of carbonyl (C=O) groups excluding carboxylic acids is 1. The molecular formula is C29H25N3O8S. The molecule has 0 bridgehead atoms. The summed E-state index contributed by atoms with van der Waals surface area (Å²) in [6.07, 6.45) is 1.70. The van der Waals surface area contributed by atoms with Crippen molar-refractivity contribution in [3.63, 3.8) is 0 Å². The van der Waals surface area contributed by atoms with Crippen LogP contribution in [0.15, 0.2) is 80.4 Å². The zero-order chi connectivity index (χ0) is 29.1. The predicted octanol–water partition coefficient (Wildman–Crippen LogP) is 4.00. The summed E-state index contributed by atoms with van der Waals surface area (Å²) in [6, 6.07) is 16.6. The average molecular weight is 576 g/mol. The summed E-state index contributed by atoms with van der Waals surface area (Å²) in [5.74, 6) is -0.0280. The lowest BCUT2D eigenvalue weighted by Gasteiger charge is -2.20. The minimum absolute atomic E-state index is 0.0663. The first-order chi connectivity index (χ1) is 19.8. The third kappa shape index (κ3) is 5.54. The number of aromatic nitrogens is 1. The van der Waals surface area contributed by atoms with E-state index < -0.39 is 22.8 Å². The lowest BCUT2D eigenvalue weighted by molar-refractivity contribution is -0.402. The summed E-state index contributed by atoms with van der Waals surface area (Å²) in [6.45, 7) is 3.73. The molecule has 0 saturated carbocycles. The highest BCUT2D eigenvalue weighted by molar-refractivity contribution is 7.07. The zero-order valence-corrected chi connectivity index (χ0v) is 23.2. The molecule has 0 spiro atoms. The van der Waals surface area contributed by atoms with Gasteiger partial charge in [0.05, 0.1) is 29.9 Å². The predicted molar refractivity (Wildman–Crippen MR) is 150 cm³/mol. The van der Waals surface area contributed by atoms with Gasteiger partial charge in [-0.05, 0) is 49.2 Å². The minimum Gasteiger partial charge on any atom is -0.493 e. The van der Waals surface area contributed by atoms with Crippen LogP contribution in [-0.4, -0.2) is 29.2 Å². The number of fused-ring (bicyclic) bond motifs is 1. The summed E-state index contributed by atoms with van der Waals surface area (Å²) >= 11 is 1.12. The number of hydrogen-bond acceptors (Lipinski definition) is 10. The Morgan fingerprint density at radius 3 is 2.63 bits per heavy atom. The molecule has 0 N–H and O–H groups in total. The fourth-order valence-corrected chi connectivity index (χ4v) is 5.43. The van der Waals surface area contributed by atoms with E-state index in [1.54, 1.807) is 38.1 Å². The molecule has 1 aliphatic heterocycles. The van der Waals surface area contributed by atoms with Gasteiger partial charge < -0.3 is 18.6 Å². The Morgan fingerprint density at radius 2 is 1.95 bits per heavy atom. The van der Waals surface area contributed by atoms with Crippen LogP contribution in [0.5, 0.6) is 11.5 Å². The van der Waals surface area contributed by atoms with Gasteiger partial charge in [0.2, 0.25) is 0 Å². The van der Waals surface area contributed by atoms with Crippen LogP contribution in [0.3, 0.4) is 0 Å². The first-order valence-electron chi connectivity index (χ1n) is 12.6. The maximum absolute atomic E-state index is 13.5. The molecule has 2 aromatic heterocycles. The fourth-order valence-electron chi connectivity index (χ4n) is 4.39. The molecule has 0 amide bonds. The van der Waals surface area contributed by atoms with Gasteiger partial charge in [-0.1, -0.05) is 47.7 Å². The Bertz CT molecular complexity index is 1840. The Kier molecular flexibility index (Phi) is 7.83. The number of nitro groups is 1. The maximum atomic E-state index is 13.5. The molecule has 0 unspecified atom stereocenters. The SMILES string of the molecule is CCOC(=O)C1=C(C)n2c(s/c(=C\c3ccc(OCc4ccccc4)c(OC)c3)c2=O)=N[C@H]1c1ccc([N+](=O)[O-])o1. The van der Waals surface area contributed by atoms with Gasteiger partial charge >= 0.3 is 11.9 Å². The monoisotopic (exact) mass is 575 g/mol. The number of furan rings is 1. The molecule has 4 aromatic rings. The van der Waals surface area contributed by atoms with Gasteiger partial charge in [0, 0.05) is 5.70 Å². The van der Waals surface area contributed by atoms with Gasteiger partial charge in [-0.2, -0.15) is 0 Å². The van der Waals surface area contributed by atoms with Crippen LogP contribution in [0.2, 0.25) is 0 Å². The second-order valence-electron chi connectivity index (χ2n) is 8.90. The number of rotatable bonds is 9. The van der Waals surface area contributed by atoms with E-state index in [1.165, 1.54) is 23.8 Å². The molecule has 0 aliphatic carbocycles. The highest BCUT2D eigenvalue weighted by Gasteiger charge is 2.34. The van der Waals surface area contributed by atoms with Crippen LogP contribution in [0.1, 0.15) is 36.8 Å². The van der Waals surface area contributed by atoms with E-state index in [2.05, 4.69) is 4.99 Å². The molecule has 210 valence electrons. The molecule has 1 aliphatic rings. The number of thiazole rings is 1. The van der Waals surface area contributed by atoms with Crippen LogP contribution in [-0.2, 0) is 16.1 Å². The number of allylic oxidation sites excluding steroid dienone is 1. The normalized spacial score (nSPS) is 14.8. The van der Waals surface area contributed by atoms with Gasteiger partial charge in [-0.3, -0.25) is 19.5 Å². The lowest BCUT2D eigenvalue weighted by atomic mass is 10.0. The molecule has 5 rings (SSSR count). The number of carbonyl (C=O) groups is 1. The highest BCUT2D eigenvalue weighted by Crippen LogP contribution is 2.35. The number of hydrogen-bond donors (Lipinski definition) is 0. The van der Waals surface area contributed by atoms with E-state index in [-0.39, 0.29) is 23.5 Å². The number of methoxy groups -OCH3 is 1. The lowest BCUT2D eigenvalue weighted by Crippen LogP contribution is -2.35. The van der Waals surface area contributed by atoms with Crippen molar-refractivity contribution in [1.82, 2.24) is 4.57 Å². The molecule has 1 atom stereocenters. The van der Waals surface area contributed by atoms with E-state index in [4.69, 9.17) is 18.6 Å². The van der Waals surface area contributed by atoms with Gasteiger partial charge in [0.25, 0.3) is 5.56 Å². The summed E-state index contributed by atoms with van der Waals surface area (Å²) in [4.78, 5) is 41.8. The Hall–Kier alpha value is -4.97. The fraction of sp³-hybridized carbons (Fsp3) is 0.207. The molecule has 11 nitrogen and oxygen atoms in total. The van der Waals surface area contributed by atoms with Crippen LogP contribution in [0, 0.1) is 10.1 Å². The van der Waals surface area contributed by atoms with Crippen LogP contribution in [0.25, 0.3) is 11.8 Å². The highest BCUT2D eigenvalue weighted by atomic mass is 32.1. The molecule has 0 radical (unpaired) electrons. The maximum Gasteiger partial charge on any atom is 0.433 e. The number of ether oxygens (including phenoxy) is 3. The summed E-state index contributed by atoms with van der Waals surface area (Å²) in [5, 5.41) is 11.2. The van der Waals surface area contributed by atoms with Crippen molar-refractivity contribution in [2.75, 3.05) is 13.7 Å². The quantitative estimate of drug-likeness (QED) is 0.166. The standard InChI is InChI=1S/C29H25N3O8S/c1-4-38-28(34)25-17(2)31-27(33)23(41-29(31)30-26(25)21-12-13-24(40-21)32(35)36)15-19-10-11-20(22(14-19)37-3)39-16-18-8-6-5-7-9-18/h5-15,26H,4,16H2,1-3H3/b23-15-/t26-/m0/s1. The van der Waals surface area contributed by atoms with Crippen molar-refractivity contribution < 1.29 is 28.3 Å². The van der Waals surface area contributed by atoms with Gasteiger partial charge in [-0.25, -0.2) is 9.79 Å². The van der Waals surface area contributed by atoms with E-state index in [9.17, 15) is 19.7 Å². The summed E-state index contributed by atoms with van der Waals surface area (Å²) in [5.41, 5.74) is 1.70. The molecule has 3 heterocycles. The Balaban J connectivity index is 1.55. The van der Waals surface area contributed by atoms with Gasteiger partial charge in [0.1, 0.15) is 23.3 Å². The number of esters is 1. The van der Waals surface area contributed by atoms with Crippen molar-refractivity contribution in [1.29, 1.82) is 0 Å². The largest absolute Gasteiger partial charge is 0.493 e. The smallest absolute Gasteiger partial charge is 0.433 e. The average Bonchev–Trinajstić information content (AvgIpc) is 3.58. The molecule has 0 fully saturated rings. The topological polar surface area (TPSA) is 135 Å². The summed E-state index contributed by atoms with van der Waals surface area (Å²) in [7, 11) is 1.54. The van der Waals surface area contributed by atoms with Crippen LogP contribution < -0.4 is 24.4 Å².